The third-order valence-electron chi connectivity index (χ3n) is 5.43. The highest BCUT2D eigenvalue weighted by Gasteiger charge is 2.24. The van der Waals surface area contributed by atoms with Crippen molar-refractivity contribution in [1.82, 2.24) is 19.9 Å². The van der Waals surface area contributed by atoms with Gasteiger partial charge in [-0.1, -0.05) is 6.42 Å². The molecule has 1 saturated heterocycles. The summed E-state index contributed by atoms with van der Waals surface area (Å²) >= 11 is 0. The molecule has 4 rings (SSSR count). The lowest BCUT2D eigenvalue weighted by Gasteiger charge is -2.33. The zero-order chi connectivity index (χ0) is 17.1. The second-order valence-corrected chi connectivity index (χ2v) is 7.12. The third-order valence-corrected chi connectivity index (χ3v) is 5.43. The molecule has 1 saturated carbocycles. The van der Waals surface area contributed by atoms with Crippen molar-refractivity contribution < 1.29 is 4.74 Å². The number of aryl methyl sites for hydroxylation is 1. The Morgan fingerprint density at radius 3 is 2.56 bits per heavy atom. The van der Waals surface area contributed by atoms with Crippen LogP contribution < -0.4 is 9.64 Å². The topological polar surface area (TPSA) is 64.0 Å². The predicted octanol–water partition coefficient (Wildman–Crippen LogP) is 3.14. The fourth-order valence-corrected chi connectivity index (χ4v) is 3.52. The first-order valence-electron chi connectivity index (χ1n) is 9.27. The van der Waals surface area contributed by atoms with Crippen LogP contribution in [0.25, 0.3) is 0 Å². The monoisotopic (exact) mass is 339 g/mol. The molecular weight excluding hydrogens is 314 g/mol. The Morgan fingerprint density at radius 2 is 1.84 bits per heavy atom. The van der Waals surface area contributed by atoms with Gasteiger partial charge in [-0.05, 0) is 38.5 Å². The predicted molar refractivity (Wildman–Crippen MR) is 95.8 cm³/mol. The Hall–Kier alpha value is -2.24. The van der Waals surface area contributed by atoms with E-state index in [4.69, 9.17) is 4.74 Å². The number of rotatable bonds is 5. The molecule has 1 aliphatic carbocycles. The SMILES string of the molecule is Cc1nccnc1OCC1CCN(c2cc(C3CCC3)ncn2)CC1. The average molecular weight is 339 g/mol. The highest BCUT2D eigenvalue weighted by atomic mass is 16.5. The molecule has 0 unspecified atom stereocenters. The Balaban J connectivity index is 1.30. The molecule has 132 valence electrons. The van der Waals surface area contributed by atoms with Crippen molar-refractivity contribution in [3.05, 3.63) is 36.2 Å². The van der Waals surface area contributed by atoms with Crippen molar-refractivity contribution >= 4 is 5.82 Å². The van der Waals surface area contributed by atoms with Crippen molar-refractivity contribution in [2.75, 3.05) is 24.6 Å². The Morgan fingerprint density at radius 1 is 1.04 bits per heavy atom. The number of anilines is 1. The maximum Gasteiger partial charge on any atom is 0.235 e. The van der Waals surface area contributed by atoms with Gasteiger partial charge in [0.15, 0.2) is 0 Å². The summed E-state index contributed by atoms with van der Waals surface area (Å²) in [7, 11) is 0. The van der Waals surface area contributed by atoms with E-state index in [1.165, 1.54) is 25.0 Å². The van der Waals surface area contributed by atoms with Crippen LogP contribution in [0.1, 0.15) is 49.4 Å². The molecule has 0 amide bonds. The van der Waals surface area contributed by atoms with Crippen molar-refractivity contribution in [1.29, 1.82) is 0 Å². The number of hydrogen-bond donors (Lipinski definition) is 0. The summed E-state index contributed by atoms with van der Waals surface area (Å²) in [6, 6.07) is 2.20. The molecular formula is C19H25N5O. The zero-order valence-corrected chi connectivity index (χ0v) is 14.8. The molecule has 0 spiro atoms. The van der Waals surface area contributed by atoms with E-state index in [2.05, 4.69) is 30.9 Å². The van der Waals surface area contributed by atoms with E-state index < -0.39 is 0 Å². The molecule has 2 aliphatic rings. The van der Waals surface area contributed by atoms with Gasteiger partial charge in [0.05, 0.1) is 12.3 Å². The van der Waals surface area contributed by atoms with Crippen LogP contribution in [-0.4, -0.2) is 39.6 Å². The van der Waals surface area contributed by atoms with Crippen LogP contribution in [0, 0.1) is 12.8 Å². The Bertz CT molecular complexity index is 710. The van der Waals surface area contributed by atoms with Crippen LogP contribution in [-0.2, 0) is 0 Å². The lowest BCUT2D eigenvalue weighted by molar-refractivity contribution is 0.214. The van der Waals surface area contributed by atoms with Gasteiger partial charge >= 0.3 is 0 Å². The summed E-state index contributed by atoms with van der Waals surface area (Å²) in [6.45, 7) is 4.69. The highest BCUT2D eigenvalue weighted by Crippen LogP contribution is 2.36. The molecule has 0 bridgehead atoms. The molecule has 0 radical (unpaired) electrons. The molecule has 2 aromatic rings. The first-order chi connectivity index (χ1) is 12.3. The quantitative estimate of drug-likeness (QED) is 0.834. The van der Waals surface area contributed by atoms with Gasteiger partial charge in [0.2, 0.25) is 5.88 Å². The third kappa shape index (κ3) is 3.72. The number of piperidine rings is 1. The molecule has 0 N–H and O–H groups in total. The maximum absolute atomic E-state index is 5.87. The summed E-state index contributed by atoms with van der Waals surface area (Å²) in [5.74, 6) is 2.96. The van der Waals surface area contributed by atoms with Crippen molar-refractivity contribution in [2.24, 2.45) is 5.92 Å². The molecule has 2 fully saturated rings. The van der Waals surface area contributed by atoms with E-state index in [0.717, 1.165) is 37.4 Å². The van der Waals surface area contributed by atoms with Gasteiger partial charge in [-0.25, -0.2) is 15.0 Å². The standard InChI is InChI=1S/C19H25N5O/c1-14-19(21-8-7-20-14)25-12-15-5-9-24(10-6-15)18-11-17(22-13-23-18)16-3-2-4-16/h7-8,11,13,15-16H,2-6,9-10,12H2,1H3. The summed E-state index contributed by atoms with van der Waals surface area (Å²) in [5, 5.41) is 0. The van der Waals surface area contributed by atoms with E-state index >= 15 is 0 Å². The molecule has 0 atom stereocenters. The fourth-order valence-electron chi connectivity index (χ4n) is 3.52. The van der Waals surface area contributed by atoms with Crippen LogP contribution in [0.3, 0.4) is 0 Å². The van der Waals surface area contributed by atoms with E-state index in [-0.39, 0.29) is 0 Å². The van der Waals surface area contributed by atoms with Crippen LogP contribution in [0.2, 0.25) is 0 Å². The van der Waals surface area contributed by atoms with Crippen LogP contribution in [0.4, 0.5) is 5.82 Å². The summed E-state index contributed by atoms with van der Waals surface area (Å²) < 4.78 is 5.87. The normalized spacial score (nSPS) is 18.8. The van der Waals surface area contributed by atoms with Gasteiger partial charge in [-0.2, -0.15) is 0 Å². The number of ether oxygens (including phenoxy) is 1. The van der Waals surface area contributed by atoms with Gasteiger partial charge < -0.3 is 9.64 Å². The summed E-state index contributed by atoms with van der Waals surface area (Å²) in [5.41, 5.74) is 2.07. The lowest BCUT2D eigenvalue weighted by atomic mass is 9.83. The van der Waals surface area contributed by atoms with E-state index in [1.54, 1.807) is 18.7 Å². The average Bonchev–Trinajstić information content (AvgIpc) is 2.60. The molecule has 1 aliphatic heterocycles. The molecule has 25 heavy (non-hydrogen) atoms. The molecule has 0 aromatic carbocycles. The second kappa shape index (κ2) is 7.33. The van der Waals surface area contributed by atoms with Crippen molar-refractivity contribution in [2.45, 2.75) is 44.9 Å². The highest BCUT2D eigenvalue weighted by molar-refractivity contribution is 5.40. The van der Waals surface area contributed by atoms with Crippen LogP contribution >= 0.6 is 0 Å². The molecule has 6 nitrogen and oxygen atoms in total. The molecule has 6 heteroatoms. The minimum atomic E-state index is 0.561. The van der Waals surface area contributed by atoms with E-state index in [1.807, 2.05) is 6.92 Å². The smallest absolute Gasteiger partial charge is 0.235 e. The van der Waals surface area contributed by atoms with Crippen LogP contribution in [0.15, 0.2) is 24.8 Å². The lowest BCUT2D eigenvalue weighted by Crippen LogP contribution is -2.36. The van der Waals surface area contributed by atoms with Crippen LogP contribution in [0.5, 0.6) is 5.88 Å². The molecule has 2 aromatic heterocycles. The van der Waals surface area contributed by atoms with Gasteiger partial charge in [0.1, 0.15) is 12.1 Å². The van der Waals surface area contributed by atoms with Crippen molar-refractivity contribution in [3.63, 3.8) is 0 Å². The van der Waals surface area contributed by atoms with E-state index in [0.29, 0.717) is 24.3 Å². The van der Waals surface area contributed by atoms with Gasteiger partial charge in [-0.15, -0.1) is 0 Å². The Kier molecular flexibility index (Phi) is 4.76. The number of hydrogen-bond acceptors (Lipinski definition) is 6. The number of nitrogens with zero attached hydrogens (tertiary/aromatic N) is 5. The molecule has 3 heterocycles. The minimum Gasteiger partial charge on any atom is -0.476 e. The van der Waals surface area contributed by atoms with Gasteiger partial charge in [-0.3, -0.25) is 4.98 Å². The first kappa shape index (κ1) is 16.2. The number of aromatic nitrogens is 4. The van der Waals surface area contributed by atoms with Gasteiger partial charge in [0.25, 0.3) is 0 Å². The Labute approximate surface area is 148 Å². The van der Waals surface area contributed by atoms with Crippen molar-refractivity contribution in [3.8, 4) is 5.88 Å². The first-order valence-corrected chi connectivity index (χ1v) is 9.27. The maximum atomic E-state index is 5.87. The van der Waals surface area contributed by atoms with E-state index in [9.17, 15) is 0 Å². The second-order valence-electron chi connectivity index (χ2n) is 7.12. The van der Waals surface area contributed by atoms with Gasteiger partial charge in [0, 0.05) is 43.2 Å². The minimum absolute atomic E-state index is 0.561. The summed E-state index contributed by atoms with van der Waals surface area (Å²) in [6.07, 6.45) is 11.2. The largest absolute Gasteiger partial charge is 0.476 e. The fraction of sp³-hybridized carbons (Fsp3) is 0.579. The zero-order valence-electron chi connectivity index (χ0n) is 14.8. The summed E-state index contributed by atoms with van der Waals surface area (Å²) in [4.78, 5) is 19.8.